The number of nitrogens with zero attached hydrogens (tertiary/aromatic N) is 1. The lowest BCUT2D eigenvalue weighted by Gasteiger charge is -2.03. The maximum absolute atomic E-state index is 11.6. The normalized spacial score (nSPS) is 10.4. The van der Waals surface area contributed by atoms with Crippen LogP contribution in [-0.2, 0) is 20.9 Å². The number of amides is 2. The van der Waals surface area contributed by atoms with E-state index in [0.717, 1.165) is 0 Å². The first-order chi connectivity index (χ1) is 12.0. The molecule has 9 nitrogen and oxygen atoms in total. The summed E-state index contributed by atoms with van der Waals surface area (Å²) < 4.78 is 10.0. The van der Waals surface area contributed by atoms with Crippen LogP contribution in [0.1, 0.15) is 11.3 Å². The van der Waals surface area contributed by atoms with E-state index in [1.54, 1.807) is 36.4 Å². The number of hydrogen-bond donors (Lipinski definition) is 3. The van der Waals surface area contributed by atoms with Crippen LogP contribution in [0.3, 0.4) is 0 Å². The van der Waals surface area contributed by atoms with Gasteiger partial charge in [0.25, 0.3) is 0 Å². The number of carboxylic acid groups (broad SMARTS) is 1. The predicted molar refractivity (Wildman–Crippen MR) is 85.9 cm³/mol. The number of hydrazone groups is 1. The van der Waals surface area contributed by atoms with Gasteiger partial charge in [0, 0.05) is 0 Å². The van der Waals surface area contributed by atoms with Crippen LogP contribution in [0.15, 0.2) is 52.2 Å². The second kappa shape index (κ2) is 8.87. The second-order valence-corrected chi connectivity index (χ2v) is 4.71. The van der Waals surface area contributed by atoms with Crippen LogP contribution in [0.2, 0.25) is 0 Å². The topological polar surface area (TPSA) is 130 Å². The minimum absolute atomic E-state index is 0.0980. The van der Waals surface area contributed by atoms with Crippen LogP contribution < -0.4 is 15.5 Å². The van der Waals surface area contributed by atoms with E-state index in [0.29, 0.717) is 17.1 Å². The van der Waals surface area contributed by atoms with Crippen molar-refractivity contribution >= 4 is 24.0 Å². The Morgan fingerprint density at radius 3 is 2.56 bits per heavy atom. The van der Waals surface area contributed by atoms with Crippen molar-refractivity contribution < 1.29 is 28.6 Å². The summed E-state index contributed by atoms with van der Waals surface area (Å²) in [6.45, 7) is -0.336. The van der Waals surface area contributed by atoms with Gasteiger partial charge in [0.15, 0.2) is 6.61 Å². The number of nitrogens with one attached hydrogen (secondary N) is 2. The van der Waals surface area contributed by atoms with Crippen molar-refractivity contribution in [1.82, 2.24) is 10.7 Å². The third kappa shape index (κ3) is 6.18. The summed E-state index contributed by atoms with van der Waals surface area (Å²) in [6, 6.07) is 9.68. The molecule has 3 N–H and O–H groups in total. The van der Waals surface area contributed by atoms with E-state index in [9.17, 15) is 14.4 Å². The minimum Gasteiger partial charge on any atom is -0.482 e. The molecular weight excluding hydrogens is 330 g/mol. The van der Waals surface area contributed by atoms with Gasteiger partial charge in [-0.2, -0.15) is 5.10 Å². The molecule has 0 fully saturated rings. The zero-order valence-corrected chi connectivity index (χ0v) is 13.0. The Morgan fingerprint density at radius 2 is 1.92 bits per heavy atom. The zero-order valence-electron chi connectivity index (χ0n) is 13.0. The molecule has 2 rings (SSSR count). The molecule has 0 saturated carbocycles. The van der Waals surface area contributed by atoms with E-state index in [4.69, 9.17) is 14.3 Å². The van der Waals surface area contributed by atoms with Gasteiger partial charge in [0.05, 0.1) is 19.0 Å². The first kappa shape index (κ1) is 17.7. The quantitative estimate of drug-likeness (QED) is 0.381. The molecule has 0 spiro atoms. The molecule has 0 aliphatic heterocycles. The fourth-order valence-corrected chi connectivity index (χ4v) is 1.67. The smallest absolute Gasteiger partial charge is 0.341 e. The summed E-state index contributed by atoms with van der Waals surface area (Å²) in [6.07, 6.45) is 2.79. The monoisotopic (exact) mass is 345 g/mol. The van der Waals surface area contributed by atoms with Gasteiger partial charge in [0.1, 0.15) is 11.5 Å². The van der Waals surface area contributed by atoms with Crippen LogP contribution >= 0.6 is 0 Å². The van der Waals surface area contributed by atoms with Gasteiger partial charge >= 0.3 is 17.8 Å². The molecule has 2 aromatic rings. The summed E-state index contributed by atoms with van der Waals surface area (Å²) in [4.78, 5) is 33.5. The Kier molecular flexibility index (Phi) is 6.29. The molecule has 25 heavy (non-hydrogen) atoms. The number of ether oxygens (including phenoxy) is 1. The van der Waals surface area contributed by atoms with Crippen molar-refractivity contribution in [2.75, 3.05) is 6.61 Å². The molecule has 9 heteroatoms. The van der Waals surface area contributed by atoms with Crippen molar-refractivity contribution in [3.63, 3.8) is 0 Å². The summed E-state index contributed by atoms with van der Waals surface area (Å²) in [7, 11) is 0. The first-order valence-electron chi connectivity index (χ1n) is 7.13. The van der Waals surface area contributed by atoms with Crippen LogP contribution in [0.5, 0.6) is 5.75 Å². The van der Waals surface area contributed by atoms with Gasteiger partial charge < -0.3 is 19.6 Å². The summed E-state index contributed by atoms with van der Waals surface area (Å²) >= 11 is 0. The van der Waals surface area contributed by atoms with E-state index in [1.807, 2.05) is 0 Å². The Balaban J connectivity index is 1.76. The van der Waals surface area contributed by atoms with Crippen LogP contribution in [0.4, 0.5) is 0 Å². The lowest BCUT2D eigenvalue weighted by molar-refractivity contribution is -0.139. The zero-order chi connectivity index (χ0) is 18.1. The van der Waals surface area contributed by atoms with E-state index >= 15 is 0 Å². The molecular formula is C16H15N3O6. The molecule has 0 unspecified atom stereocenters. The largest absolute Gasteiger partial charge is 0.482 e. The van der Waals surface area contributed by atoms with Crippen molar-refractivity contribution in [2.45, 2.75) is 6.54 Å². The number of carbonyl (C=O) groups is 3. The number of aliphatic carboxylic acids is 1. The maximum Gasteiger partial charge on any atom is 0.341 e. The minimum atomic E-state index is -1.07. The van der Waals surface area contributed by atoms with Gasteiger partial charge in [-0.3, -0.25) is 9.59 Å². The highest BCUT2D eigenvalue weighted by Crippen LogP contribution is 2.10. The highest BCUT2D eigenvalue weighted by molar-refractivity contribution is 6.35. The molecule has 0 atom stereocenters. The summed E-state index contributed by atoms with van der Waals surface area (Å²) in [5.74, 6) is -1.91. The Labute approximate surface area is 142 Å². The van der Waals surface area contributed by atoms with Crippen LogP contribution in [0.25, 0.3) is 0 Å². The molecule has 2 amide bonds. The lowest BCUT2D eigenvalue weighted by Crippen LogP contribution is -2.37. The first-order valence-corrected chi connectivity index (χ1v) is 7.13. The number of carboxylic acids is 1. The summed E-state index contributed by atoms with van der Waals surface area (Å²) in [5.41, 5.74) is 2.72. The van der Waals surface area contributed by atoms with Gasteiger partial charge in [-0.1, -0.05) is 0 Å². The average Bonchev–Trinajstić information content (AvgIpc) is 3.12. The molecule has 1 aromatic carbocycles. The second-order valence-electron chi connectivity index (χ2n) is 4.71. The number of benzene rings is 1. The molecule has 0 saturated heterocycles. The van der Waals surface area contributed by atoms with Crippen molar-refractivity contribution in [3.05, 3.63) is 54.0 Å². The van der Waals surface area contributed by atoms with Crippen molar-refractivity contribution in [1.29, 1.82) is 0 Å². The van der Waals surface area contributed by atoms with E-state index in [2.05, 4.69) is 15.8 Å². The number of rotatable bonds is 7. The third-order valence-electron chi connectivity index (χ3n) is 2.83. The number of hydrogen-bond acceptors (Lipinski definition) is 6. The lowest BCUT2D eigenvalue weighted by atomic mass is 10.2. The number of carbonyl (C=O) groups excluding carboxylic acids is 2. The van der Waals surface area contributed by atoms with Gasteiger partial charge in [0.2, 0.25) is 0 Å². The van der Waals surface area contributed by atoms with Crippen LogP contribution in [-0.4, -0.2) is 35.7 Å². The van der Waals surface area contributed by atoms with Crippen molar-refractivity contribution in [3.8, 4) is 5.75 Å². The molecule has 130 valence electrons. The Bertz CT molecular complexity index is 753. The Hall–Kier alpha value is -3.62. The average molecular weight is 345 g/mol. The predicted octanol–water partition coefficient (Wildman–Crippen LogP) is 0.510. The van der Waals surface area contributed by atoms with Gasteiger partial charge in [-0.25, -0.2) is 10.2 Å². The third-order valence-corrected chi connectivity index (χ3v) is 2.83. The van der Waals surface area contributed by atoms with E-state index in [-0.39, 0.29) is 6.54 Å². The van der Waals surface area contributed by atoms with Crippen molar-refractivity contribution in [2.24, 2.45) is 5.10 Å². The summed E-state index contributed by atoms with van der Waals surface area (Å²) in [5, 5.41) is 14.6. The van der Waals surface area contributed by atoms with Gasteiger partial charge in [-0.15, -0.1) is 0 Å². The Morgan fingerprint density at radius 1 is 1.16 bits per heavy atom. The molecule has 1 aromatic heterocycles. The standard InChI is InChI=1S/C16H15N3O6/c20-14(21)10-25-12-5-3-11(4-6-12)8-18-19-16(23)15(22)17-9-13-2-1-7-24-13/h1-8H,9-10H2,(H,17,22)(H,19,23)(H,20,21)/b18-8-. The number of furan rings is 1. The highest BCUT2D eigenvalue weighted by atomic mass is 16.5. The van der Waals surface area contributed by atoms with E-state index < -0.39 is 24.4 Å². The molecule has 0 aliphatic rings. The maximum atomic E-state index is 11.6. The molecule has 0 aliphatic carbocycles. The fraction of sp³-hybridized carbons (Fsp3) is 0.125. The highest BCUT2D eigenvalue weighted by Gasteiger charge is 2.12. The molecule has 1 heterocycles. The van der Waals surface area contributed by atoms with E-state index in [1.165, 1.54) is 12.5 Å². The molecule has 0 radical (unpaired) electrons. The molecule has 0 bridgehead atoms. The van der Waals surface area contributed by atoms with Gasteiger partial charge in [-0.05, 0) is 42.0 Å². The fourth-order valence-electron chi connectivity index (χ4n) is 1.67. The SMILES string of the molecule is O=C(O)COc1ccc(/C=N\NC(=O)C(=O)NCc2ccco2)cc1. The van der Waals surface area contributed by atoms with Crippen LogP contribution in [0, 0.1) is 0 Å².